The molecule has 0 radical (unpaired) electrons. The van der Waals surface area contributed by atoms with E-state index in [9.17, 15) is 0 Å². The van der Waals surface area contributed by atoms with E-state index in [1.54, 1.807) is 0 Å². The molecule has 0 aromatic carbocycles. The van der Waals surface area contributed by atoms with Gasteiger partial charge < -0.3 is 10.2 Å². The zero-order valence-corrected chi connectivity index (χ0v) is 10.7. The first kappa shape index (κ1) is 12.9. The third-order valence-electron chi connectivity index (χ3n) is 2.60. The Balaban J connectivity index is 2.68. The van der Waals surface area contributed by atoms with Crippen molar-refractivity contribution in [2.75, 3.05) is 26.0 Å². The molecular formula is C12H22N4. The first-order valence-electron chi connectivity index (χ1n) is 5.83. The molecule has 0 spiro atoms. The maximum Gasteiger partial charge on any atom is 0.224 e. The lowest BCUT2D eigenvalue weighted by atomic mass is 10.1. The molecule has 1 heterocycles. The van der Waals surface area contributed by atoms with Crippen LogP contribution in [0.5, 0.6) is 0 Å². The molecule has 1 aromatic rings. The van der Waals surface area contributed by atoms with Gasteiger partial charge >= 0.3 is 0 Å². The van der Waals surface area contributed by atoms with Gasteiger partial charge in [0.25, 0.3) is 0 Å². The number of hydrogen-bond donors (Lipinski definition) is 1. The van der Waals surface area contributed by atoms with Crippen molar-refractivity contribution in [1.29, 1.82) is 0 Å². The van der Waals surface area contributed by atoms with Crippen molar-refractivity contribution in [3.05, 3.63) is 18.0 Å². The van der Waals surface area contributed by atoms with Gasteiger partial charge in [-0.2, -0.15) is 0 Å². The molecule has 0 saturated carbocycles. The average molecular weight is 222 g/mol. The van der Waals surface area contributed by atoms with Gasteiger partial charge in [0.15, 0.2) is 0 Å². The van der Waals surface area contributed by atoms with E-state index in [-0.39, 0.29) is 0 Å². The smallest absolute Gasteiger partial charge is 0.224 e. The highest BCUT2D eigenvalue weighted by Crippen LogP contribution is 2.08. The normalized spacial score (nSPS) is 12.5. The van der Waals surface area contributed by atoms with Crippen LogP contribution in [-0.2, 0) is 6.42 Å². The first-order valence-corrected chi connectivity index (χ1v) is 5.83. The molecule has 0 bridgehead atoms. The van der Waals surface area contributed by atoms with Crippen LogP contribution in [0.15, 0.2) is 12.3 Å². The van der Waals surface area contributed by atoms with Crippen LogP contribution in [0, 0.1) is 0 Å². The van der Waals surface area contributed by atoms with E-state index in [0.29, 0.717) is 6.04 Å². The summed E-state index contributed by atoms with van der Waals surface area (Å²) >= 11 is 0. The number of aromatic nitrogens is 2. The second-order valence-corrected chi connectivity index (χ2v) is 4.22. The lowest BCUT2D eigenvalue weighted by Gasteiger charge is -2.16. The molecular weight excluding hydrogens is 200 g/mol. The van der Waals surface area contributed by atoms with Crippen molar-refractivity contribution in [3.8, 4) is 0 Å². The molecule has 0 fully saturated rings. The second-order valence-electron chi connectivity index (χ2n) is 4.22. The topological polar surface area (TPSA) is 41.1 Å². The standard InChI is InChI=1S/C12H22N4/c1-5-6-10(13-2)9-11-7-8-14-12(15-11)16(3)4/h7-8,10,13H,5-6,9H2,1-4H3. The monoisotopic (exact) mass is 222 g/mol. The fourth-order valence-corrected chi connectivity index (χ4v) is 1.66. The summed E-state index contributed by atoms with van der Waals surface area (Å²) in [6.07, 6.45) is 5.17. The van der Waals surface area contributed by atoms with Crippen LogP contribution in [0.2, 0.25) is 0 Å². The number of nitrogens with zero attached hydrogens (tertiary/aromatic N) is 3. The van der Waals surface area contributed by atoms with E-state index in [0.717, 1.165) is 18.1 Å². The molecule has 16 heavy (non-hydrogen) atoms. The van der Waals surface area contributed by atoms with Crippen LogP contribution in [0.25, 0.3) is 0 Å². The van der Waals surface area contributed by atoms with Gasteiger partial charge in [-0.25, -0.2) is 9.97 Å². The van der Waals surface area contributed by atoms with Gasteiger partial charge in [-0.15, -0.1) is 0 Å². The first-order chi connectivity index (χ1) is 7.67. The van der Waals surface area contributed by atoms with Crippen molar-refractivity contribution < 1.29 is 0 Å². The largest absolute Gasteiger partial charge is 0.347 e. The maximum atomic E-state index is 4.52. The van der Waals surface area contributed by atoms with Gasteiger partial charge in [0.2, 0.25) is 5.95 Å². The van der Waals surface area contributed by atoms with Gasteiger partial charge in [-0.05, 0) is 19.5 Å². The van der Waals surface area contributed by atoms with Crippen LogP contribution in [0.1, 0.15) is 25.5 Å². The van der Waals surface area contributed by atoms with Gasteiger partial charge in [0.05, 0.1) is 0 Å². The number of likely N-dealkylation sites (N-methyl/N-ethyl adjacent to an activating group) is 1. The second kappa shape index (κ2) is 6.43. The van der Waals surface area contributed by atoms with E-state index in [1.165, 1.54) is 12.8 Å². The predicted molar refractivity (Wildman–Crippen MR) is 67.8 cm³/mol. The summed E-state index contributed by atoms with van der Waals surface area (Å²) in [5.74, 6) is 0.781. The van der Waals surface area contributed by atoms with Crippen LogP contribution in [0.3, 0.4) is 0 Å². The van der Waals surface area contributed by atoms with Crippen LogP contribution in [-0.4, -0.2) is 37.2 Å². The van der Waals surface area contributed by atoms with Crippen LogP contribution in [0.4, 0.5) is 5.95 Å². The molecule has 1 unspecified atom stereocenters. The minimum atomic E-state index is 0.509. The third kappa shape index (κ3) is 3.77. The Bertz CT molecular complexity index is 312. The molecule has 0 amide bonds. The fourth-order valence-electron chi connectivity index (χ4n) is 1.66. The summed E-state index contributed by atoms with van der Waals surface area (Å²) in [6.45, 7) is 2.20. The van der Waals surface area contributed by atoms with Crippen molar-refractivity contribution in [1.82, 2.24) is 15.3 Å². The molecule has 1 rings (SSSR count). The number of rotatable bonds is 6. The van der Waals surface area contributed by atoms with E-state index in [4.69, 9.17) is 0 Å². The Morgan fingerprint density at radius 3 is 2.75 bits per heavy atom. The molecule has 0 aliphatic carbocycles. The lowest BCUT2D eigenvalue weighted by molar-refractivity contribution is 0.508. The SMILES string of the molecule is CCCC(Cc1ccnc(N(C)C)n1)NC. The van der Waals surface area contributed by atoms with E-state index >= 15 is 0 Å². The Morgan fingerprint density at radius 2 is 2.19 bits per heavy atom. The molecule has 1 aromatic heterocycles. The zero-order valence-electron chi connectivity index (χ0n) is 10.7. The minimum absolute atomic E-state index is 0.509. The summed E-state index contributed by atoms with van der Waals surface area (Å²) < 4.78 is 0. The highest BCUT2D eigenvalue weighted by molar-refractivity contribution is 5.27. The summed E-state index contributed by atoms with van der Waals surface area (Å²) in [4.78, 5) is 10.7. The molecule has 4 heteroatoms. The molecule has 0 aliphatic heterocycles. The lowest BCUT2D eigenvalue weighted by Crippen LogP contribution is -2.28. The highest BCUT2D eigenvalue weighted by Gasteiger charge is 2.08. The zero-order chi connectivity index (χ0) is 12.0. The average Bonchev–Trinajstić information content (AvgIpc) is 2.29. The predicted octanol–water partition coefficient (Wildman–Crippen LogP) is 1.47. The number of nitrogens with one attached hydrogen (secondary N) is 1. The van der Waals surface area contributed by atoms with Crippen molar-refractivity contribution in [2.45, 2.75) is 32.2 Å². The number of hydrogen-bond acceptors (Lipinski definition) is 4. The Hall–Kier alpha value is -1.16. The molecule has 4 nitrogen and oxygen atoms in total. The Labute approximate surface area is 98.1 Å². The van der Waals surface area contributed by atoms with Crippen molar-refractivity contribution in [3.63, 3.8) is 0 Å². The number of anilines is 1. The van der Waals surface area contributed by atoms with Crippen molar-refractivity contribution in [2.24, 2.45) is 0 Å². The van der Waals surface area contributed by atoms with Crippen LogP contribution < -0.4 is 10.2 Å². The van der Waals surface area contributed by atoms with Gasteiger partial charge in [-0.3, -0.25) is 0 Å². The molecule has 90 valence electrons. The highest BCUT2D eigenvalue weighted by atomic mass is 15.2. The quantitative estimate of drug-likeness (QED) is 0.791. The maximum absolute atomic E-state index is 4.52. The molecule has 1 N–H and O–H groups in total. The molecule has 1 atom stereocenters. The van der Waals surface area contributed by atoms with E-state index in [2.05, 4.69) is 22.2 Å². The summed E-state index contributed by atoms with van der Waals surface area (Å²) in [7, 11) is 5.93. The molecule has 0 aliphatic rings. The minimum Gasteiger partial charge on any atom is -0.347 e. The third-order valence-corrected chi connectivity index (χ3v) is 2.60. The van der Waals surface area contributed by atoms with Gasteiger partial charge in [-0.1, -0.05) is 13.3 Å². The summed E-state index contributed by atoms with van der Waals surface area (Å²) in [5.41, 5.74) is 1.10. The van der Waals surface area contributed by atoms with Gasteiger partial charge in [0.1, 0.15) is 0 Å². The molecule has 0 saturated heterocycles. The van der Waals surface area contributed by atoms with Gasteiger partial charge in [0, 0.05) is 38.4 Å². The van der Waals surface area contributed by atoms with Crippen LogP contribution >= 0.6 is 0 Å². The van der Waals surface area contributed by atoms with Crippen molar-refractivity contribution >= 4 is 5.95 Å². The Morgan fingerprint density at radius 1 is 1.44 bits per heavy atom. The van der Waals surface area contributed by atoms with E-state index in [1.807, 2.05) is 38.3 Å². The van der Waals surface area contributed by atoms with E-state index < -0.39 is 0 Å². The summed E-state index contributed by atoms with van der Waals surface area (Å²) in [5, 5.41) is 3.33. The summed E-state index contributed by atoms with van der Waals surface area (Å²) in [6, 6.07) is 2.50. The fraction of sp³-hybridized carbons (Fsp3) is 0.667. The Kier molecular flexibility index (Phi) is 5.19.